The van der Waals surface area contributed by atoms with E-state index < -0.39 is 17.2 Å². The molecule has 2 aliphatic rings. The number of rotatable bonds is 7. The molecule has 3 aromatic rings. The Bertz CT molecular complexity index is 1490. The lowest BCUT2D eigenvalue weighted by Gasteiger charge is -2.27. The monoisotopic (exact) mass is 569 g/mol. The van der Waals surface area contributed by atoms with Crippen molar-refractivity contribution in [2.24, 2.45) is 0 Å². The van der Waals surface area contributed by atoms with Crippen molar-refractivity contribution >= 4 is 29.1 Å². The lowest BCUT2D eigenvalue weighted by molar-refractivity contribution is -0.138. The van der Waals surface area contributed by atoms with Crippen LogP contribution in [0.25, 0.3) is 0 Å². The summed E-state index contributed by atoms with van der Waals surface area (Å²) in [5, 5.41) is 5.78. The van der Waals surface area contributed by atoms with Gasteiger partial charge in [-0.1, -0.05) is 12.1 Å². The number of ether oxygens (including phenoxy) is 2. The fourth-order valence-electron chi connectivity index (χ4n) is 5.20. The molecule has 0 bridgehead atoms. The van der Waals surface area contributed by atoms with Gasteiger partial charge in [-0.05, 0) is 62.1 Å². The van der Waals surface area contributed by atoms with Gasteiger partial charge in [0.05, 0.1) is 42.7 Å². The van der Waals surface area contributed by atoms with Crippen molar-refractivity contribution in [3.05, 3.63) is 70.5 Å². The molecule has 0 atom stereocenters. The van der Waals surface area contributed by atoms with Gasteiger partial charge in [0, 0.05) is 30.5 Å². The Hall–Kier alpha value is -4.19. The highest BCUT2D eigenvalue weighted by Crippen LogP contribution is 2.40. The smallest absolute Gasteiger partial charge is 0.419 e. The van der Waals surface area contributed by atoms with Crippen molar-refractivity contribution < 1.29 is 32.2 Å². The number of morpholine rings is 1. The molecule has 1 saturated heterocycles. The van der Waals surface area contributed by atoms with E-state index in [9.17, 15) is 22.8 Å². The van der Waals surface area contributed by atoms with Crippen molar-refractivity contribution in [1.82, 2.24) is 14.9 Å². The van der Waals surface area contributed by atoms with Gasteiger partial charge in [0.25, 0.3) is 5.91 Å². The number of methoxy groups -OCH3 is 1. The summed E-state index contributed by atoms with van der Waals surface area (Å²) >= 11 is 0. The van der Waals surface area contributed by atoms with Gasteiger partial charge in [0.15, 0.2) is 0 Å². The number of fused-ring (bicyclic) bond motifs is 1. The minimum atomic E-state index is -4.65. The summed E-state index contributed by atoms with van der Waals surface area (Å²) in [4.78, 5) is 35.2. The van der Waals surface area contributed by atoms with E-state index in [1.807, 2.05) is 6.07 Å². The zero-order valence-electron chi connectivity index (χ0n) is 22.9. The number of aryl methyl sites for hydroxylation is 2. The third kappa shape index (κ3) is 5.69. The summed E-state index contributed by atoms with van der Waals surface area (Å²) in [6.45, 7) is 5.49. The van der Waals surface area contributed by atoms with Gasteiger partial charge < -0.3 is 25.0 Å². The lowest BCUT2D eigenvalue weighted by atomic mass is 9.82. The summed E-state index contributed by atoms with van der Waals surface area (Å²) in [6, 6.07) is 10.2. The Morgan fingerprint density at radius 2 is 1.93 bits per heavy atom. The summed E-state index contributed by atoms with van der Waals surface area (Å²) in [5.74, 6) is -0.0582. The van der Waals surface area contributed by atoms with Crippen LogP contribution in [0.15, 0.2) is 42.6 Å². The number of nitrogens with one attached hydrogen (secondary N) is 2. The highest BCUT2D eigenvalue weighted by Gasteiger charge is 2.40. The highest BCUT2D eigenvalue weighted by molar-refractivity contribution is 6.06. The summed E-state index contributed by atoms with van der Waals surface area (Å²) < 4.78 is 52.5. The largest absolute Gasteiger partial charge is 0.495 e. The number of nitrogens with zero attached hydrogens (tertiary/aromatic N) is 3. The quantitative estimate of drug-likeness (QED) is 0.424. The number of aromatic nitrogens is 2. The van der Waals surface area contributed by atoms with E-state index in [0.29, 0.717) is 49.0 Å². The van der Waals surface area contributed by atoms with E-state index in [1.54, 1.807) is 49.1 Å². The van der Waals surface area contributed by atoms with Crippen molar-refractivity contribution in [3.63, 3.8) is 0 Å². The second-order valence-corrected chi connectivity index (χ2v) is 10.4. The second kappa shape index (κ2) is 11.0. The van der Waals surface area contributed by atoms with Crippen LogP contribution in [0.3, 0.4) is 0 Å². The van der Waals surface area contributed by atoms with Crippen LogP contribution in [-0.2, 0) is 34.0 Å². The van der Waals surface area contributed by atoms with Crippen LogP contribution in [-0.4, -0.2) is 60.1 Å². The zero-order valence-corrected chi connectivity index (χ0v) is 22.9. The molecule has 1 aromatic heterocycles. The van der Waals surface area contributed by atoms with Crippen LogP contribution in [0.5, 0.6) is 5.75 Å². The molecule has 0 unspecified atom stereocenters. The Morgan fingerprint density at radius 1 is 1.17 bits per heavy atom. The Morgan fingerprint density at radius 3 is 2.63 bits per heavy atom. The van der Waals surface area contributed by atoms with Gasteiger partial charge in [-0.3, -0.25) is 9.59 Å². The highest BCUT2D eigenvalue weighted by atomic mass is 19.4. The molecule has 12 heteroatoms. The SMILES string of the molecule is COc1cc(C(=O)N2CCOCC2)ccc1Nc1ncc(C(F)(F)F)c(CCc2cccc3c2C(C)(C)C(=O)N3)n1. The topological polar surface area (TPSA) is 106 Å². The molecular weight excluding hydrogens is 539 g/mol. The molecule has 2 aliphatic heterocycles. The van der Waals surface area contributed by atoms with Crippen molar-refractivity contribution in [2.45, 2.75) is 38.3 Å². The van der Waals surface area contributed by atoms with E-state index in [4.69, 9.17) is 9.47 Å². The molecule has 216 valence electrons. The van der Waals surface area contributed by atoms with Crippen molar-refractivity contribution in [2.75, 3.05) is 44.0 Å². The Labute approximate surface area is 235 Å². The number of anilines is 3. The molecule has 9 nitrogen and oxygen atoms in total. The standard InChI is InChI=1S/C29H30F3N5O4/c1-28(2)24-17(5-4-6-22(24)34-26(28)39)7-9-20-19(29(30,31)32)16-33-27(35-20)36-21-10-8-18(15-23(21)40-3)25(38)37-11-13-41-14-12-37/h4-6,8,10,15-16H,7,9,11-14H2,1-3H3,(H,34,39)(H,33,35,36). The molecule has 41 heavy (non-hydrogen) atoms. The first-order chi connectivity index (χ1) is 19.5. The van der Waals surface area contributed by atoms with Gasteiger partial charge in [-0.2, -0.15) is 13.2 Å². The first-order valence-electron chi connectivity index (χ1n) is 13.2. The summed E-state index contributed by atoms with van der Waals surface area (Å²) in [6.07, 6.45) is -3.68. The zero-order chi connectivity index (χ0) is 29.4. The summed E-state index contributed by atoms with van der Waals surface area (Å²) in [7, 11) is 1.43. The summed E-state index contributed by atoms with van der Waals surface area (Å²) in [5.41, 5.74) is 1.11. The first kappa shape index (κ1) is 28.3. The van der Waals surface area contributed by atoms with Crippen LogP contribution in [0.2, 0.25) is 0 Å². The van der Waals surface area contributed by atoms with Crippen LogP contribution < -0.4 is 15.4 Å². The van der Waals surface area contributed by atoms with E-state index >= 15 is 0 Å². The van der Waals surface area contributed by atoms with Crippen LogP contribution in [0.1, 0.15) is 46.6 Å². The average Bonchev–Trinajstić information content (AvgIpc) is 3.19. The predicted octanol–water partition coefficient (Wildman–Crippen LogP) is 4.73. The molecular formula is C29H30F3N5O4. The first-order valence-corrected chi connectivity index (χ1v) is 13.2. The molecule has 2 amide bonds. The second-order valence-electron chi connectivity index (χ2n) is 10.4. The number of carbonyl (C=O) groups excluding carboxylic acids is 2. The van der Waals surface area contributed by atoms with E-state index in [2.05, 4.69) is 20.6 Å². The maximum Gasteiger partial charge on any atom is 0.419 e. The number of alkyl halides is 3. The molecule has 1 fully saturated rings. The number of hydrogen-bond acceptors (Lipinski definition) is 7. The van der Waals surface area contributed by atoms with Gasteiger partial charge >= 0.3 is 6.18 Å². The molecule has 0 radical (unpaired) electrons. The molecule has 3 heterocycles. The lowest BCUT2D eigenvalue weighted by Crippen LogP contribution is -2.40. The molecule has 0 saturated carbocycles. The van der Waals surface area contributed by atoms with E-state index in [1.165, 1.54) is 7.11 Å². The molecule has 2 aromatic carbocycles. The van der Waals surface area contributed by atoms with E-state index in [-0.39, 0.29) is 36.3 Å². The minimum Gasteiger partial charge on any atom is -0.495 e. The Kier molecular flexibility index (Phi) is 7.60. The van der Waals surface area contributed by atoms with Gasteiger partial charge in [0.2, 0.25) is 11.9 Å². The Balaban J connectivity index is 1.40. The number of amides is 2. The molecule has 0 spiro atoms. The van der Waals surface area contributed by atoms with E-state index in [0.717, 1.165) is 17.3 Å². The molecule has 0 aliphatic carbocycles. The average molecular weight is 570 g/mol. The maximum atomic E-state index is 13.9. The van der Waals surface area contributed by atoms with Gasteiger partial charge in [-0.15, -0.1) is 0 Å². The molecule has 2 N–H and O–H groups in total. The number of benzene rings is 2. The predicted molar refractivity (Wildman–Crippen MR) is 146 cm³/mol. The number of hydrogen-bond donors (Lipinski definition) is 2. The number of carbonyl (C=O) groups is 2. The normalized spacial score (nSPS) is 16.2. The number of halogens is 3. The minimum absolute atomic E-state index is 0.0309. The third-order valence-corrected chi connectivity index (χ3v) is 7.39. The van der Waals surface area contributed by atoms with Crippen molar-refractivity contribution in [1.29, 1.82) is 0 Å². The third-order valence-electron chi connectivity index (χ3n) is 7.39. The van der Waals surface area contributed by atoms with Crippen LogP contribution in [0.4, 0.5) is 30.5 Å². The fourth-order valence-corrected chi connectivity index (χ4v) is 5.20. The van der Waals surface area contributed by atoms with Crippen LogP contribution >= 0.6 is 0 Å². The van der Waals surface area contributed by atoms with Crippen molar-refractivity contribution in [3.8, 4) is 5.75 Å². The van der Waals surface area contributed by atoms with Crippen LogP contribution in [0, 0.1) is 0 Å². The molecule has 5 rings (SSSR count). The van der Waals surface area contributed by atoms with Gasteiger partial charge in [-0.25, -0.2) is 9.97 Å². The maximum absolute atomic E-state index is 13.9. The fraction of sp³-hybridized carbons (Fsp3) is 0.379. The van der Waals surface area contributed by atoms with Gasteiger partial charge in [0.1, 0.15) is 5.75 Å².